The zero-order valence-electron chi connectivity index (χ0n) is 7.12. The summed E-state index contributed by atoms with van der Waals surface area (Å²) >= 11 is 5.75. The van der Waals surface area contributed by atoms with Gasteiger partial charge in [-0.1, -0.05) is 11.6 Å². The maximum atomic E-state index is 9.59. The minimum Gasteiger partial charge on any atom is -0.506 e. The molecule has 14 heavy (non-hydrogen) atoms. The summed E-state index contributed by atoms with van der Waals surface area (Å²) in [5.74, 6) is 5.74. The van der Waals surface area contributed by atoms with E-state index in [1.54, 1.807) is 0 Å². The number of fused-ring (bicyclic) bond motifs is 1. The summed E-state index contributed by atoms with van der Waals surface area (Å²) in [5, 5.41) is 9.77. The quantitative estimate of drug-likeness (QED) is 0.728. The summed E-state index contributed by atoms with van der Waals surface area (Å²) < 4.78 is 10.2. The molecule has 3 N–H and O–H groups in total. The molecule has 0 atom stereocenters. The molecule has 1 aliphatic heterocycles. The highest BCUT2D eigenvalue weighted by Gasteiger charge is 2.23. The molecule has 0 aromatic heterocycles. The Balaban J connectivity index is 2.54. The maximum absolute atomic E-state index is 9.59. The first-order valence-corrected chi connectivity index (χ1v) is 4.23. The van der Waals surface area contributed by atoms with Crippen LogP contribution in [-0.2, 0) is 11.4 Å². The molecule has 2 rings (SSSR count). The number of phenolic OH excluding ortho intramolecular Hbond substituents is 1. The van der Waals surface area contributed by atoms with Gasteiger partial charge in [-0.2, -0.15) is 0 Å². The van der Waals surface area contributed by atoms with Crippen LogP contribution in [0.1, 0.15) is 5.56 Å². The Kier molecular flexibility index (Phi) is 2.37. The van der Waals surface area contributed by atoms with Crippen LogP contribution in [0.5, 0.6) is 17.2 Å². The van der Waals surface area contributed by atoms with Gasteiger partial charge in [-0.25, -0.2) is 5.90 Å². The highest BCUT2D eigenvalue weighted by molar-refractivity contribution is 6.32. The second-order valence-corrected chi connectivity index (χ2v) is 3.14. The molecule has 0 bridgehead atoms. The van der Waals surface area contributed by atoms with Crippen molar-refractivity contribution in [1.29, 1.82) is 0 Å². The number of ether oxygens (including phenoxy) is 2. The lowest BCUT2D eigenvalue weighted by molar-refractivity contribution is 0.118. The Bertz CT molecular complexity index is 369. The molecule has 0 fully saturated rings. The van der Waals surface area contributed by atoms with Crippen LogP contribution in [0.2, 0.25) is 5.02 Å². The molecule has 76 valence electrons. The van der Waals surface area contributed by atoms with E-state index in [1.165, 1.54) is 6.07 Å². The van der Waals surface area contributed by atoms with Gasteiger partial charge >= 0.3 is 0 Å². The fourth-order valence-electron chi connectivity index (χ4n) is 1.28. The Morgan fingerprint density at radius 1 is 1.57 bits per heavy atom. The van der Waals surface area contributed by atoms with Gasteiger partial charge in [0.15, 0.2) is 11.5 Å². The van der Waals surface area contributed by atoms with E-state index in [2.05, 4.69) is 4.84 Å². The lowest BCUT2D eigenvalue weighted by atomic mass is 10.1. The number of halogens is 1. The summed E-state index contributed by atoms with van der Waals surface area (Å²) in [6.07, 6.45) is 0. The molecule has 0 aliphatic carbocycles. The Morgan fingerprint density at radius 2 is 2.36 bits per heavy atom. The van der Waals surface area contributed by atoms with E-state index >= 15 is 0 Å². The monoisotopic (exact) mass is 217 g/mol. The molecule has 1 aromatic rings. The number of rotatable bonds is 2. The van der Waals surface area contributed by atoms with Crippen LogP contribution in [0.15, 0.2) is 6.07 Å². The second-order valence-electron chi connectivity index (χ2n) is 2.73. The van der Waals surface area contributed by atoms with E-state index in [1.807, 2.05) is 0 Å². The van der Waals surface area contributed by atoms with Gasteiger partial charge in [0.05, 0.1) is 10.6 Å². The molecule has 6 heteroatoms. The van der Waals surface area contributed by atoms with E-state index in [4.69, 9.17) is 27.0 Å². The minimum absolute atomic E-state index is 0.0120. The van der Waals surface area contributed by atoms with E-state index in [9.17, 15) is 5.11 Å². The third-order valence-electron chi connectivity index (χ3n) is 1.91. The zero-order valence-corrected chi connectivity index (χ0v) is 7.87. The normalized spacial score (nSPS) is 13.3. The van der Waals surface area contributed by atoms with Crippen LogP contribution in [0.3, 0.4) is 0 Å². The van der Waals surface area contributed by atoms with Crippen molar-refractivity contribution in [2.24, 2.45) is 5.90 Å². The summed E-state index contributed by atoms with van der Waals surface area (Å²) in [6.45, 7) is 0.116. The molecule has 0 spiro atoms. The highest BCUT2D eigenvalue weighted by atomic mass is 35.5. The number of benzene rings is 1. The fourth-order valence-corrected chi connectivity index (χ4v) is 1.50. The van der Waals surface area contributed by atoms with Crippen LogP contribution in [0, 0.1) is 0 Å². The van der Waals surface area contributed by atoms with Crippen molar-refractivity contribution in [2.75, 3.05) is 6.79 Å². The van der Waals surface area contributed by atoms with Crippen LogP contribution in [0.4, 0.5) is 0 Å². The number of hydrogen-bond acceptors (Lipinski definition) is 5. The van der Waals surface area contributed by atoms with Crippen LogP contribution in [-0.4, -0.2) is 11.9 Å². The predicted molar refractivity (Wildman–Crippen MR) is 48.2 cm³/mol. The van der Waals surface area contributed by atoms with Gasteiger partial charge in [-0.15, -0.1) is 0 Å². The summed E-state index contributed by atoms with van der Waals surface area (Å²) in [5.41, 5.74) is 0.396. The average molecular weight is 218 g/mol. The molecule has 0 saturated carbocycles. The standard InChI is InChI=1S/C8H8ClNO4/c9-5-1-6-8(13-3-12-6)4(2-14-10)7(5)11/h1,11H,2-3,10H2. The molecular weight excluding hydrogens is 210 g/mol. The molecule has 1 heterocycles. The summed E-state index contributed by atoms with van der Waals surface area (Å²) in [7, 11) is 0. The van der Waals surface area contributed by atoms with Gasteiger partial charge in [0.2, 0.25) is 6.79 Å². The van der Waals surface area contributed by atoms with Gasteiger partial charge in [0, 0.05) is 6.07 Å². The third kappa shape index (κ3) is 1.35. The van der Waals surface area contributed by atoms with E-state index in [0.29, 0.717) is 17.1 Å². The number of nitrogens with two attached hydrogens (primary N) is 1. The fraction of sp³-hybridized carbons (Fsp3) is 0.250. The first kappa shape index (κ1) is 9.39. The first-order chi connectivity index (χ1) is 6.74. The Labute approximate surface area is 84.9 Å². The topological polar surface area (TPSA) is 73.9 Å². The molecule has 5 nitrogen and oxygen atoms in total. The molecule has 1 aliphatic rings. The van der Waals surface area contributed by atoms with Gasteiger partial charge in [-0.3, -0.25) is 4.84 Å². The molecule has 0 unspecified atom stereocenters. The second kappa shape index (κ2) is 3.53. The van der Waals surface area contributed by atoms with Gasteiger partial charge in [0.1, 0.15) is 12.4 Å². The molecule has 0 amide bonds. The number of hydrogen-bond donors (Lipinski definition) is 2. The summed E-state index contributed by atoms with van der Waals surface area (Å²) in [4.78, 5) is 4.43. The van der Waals surface area contributed by atoms with Gasteiger partial charge in [-0.05, 0) is 0 Å². The van der Waals surface area contributed by atoms with Crippen molar-refractivity contribution in [3.8, 4) is 17.2 Å². The zero-order chi connectivity index (χ0) is 10.1. The van der Waals surface area contributed by atoms with E-state index in [-0.39, 0.29) is 24.2 Å². The molecular formula is C8H8ClNO4. The van der Waals surface area contributed by atoms with Crippen molar-refractivity contribution in [3.05, 3.63) is 16.7 Å². The number of phenols is 1. The van der Waals surface area contributed by atoms with Crippen LogP contribution >= 0.6 is 11.6 Å². The molecule has 0 radical (unpaired) electrons. The van der Waals surface area contributed by atoms with Crippen molar-refractivity contribution in [1.82, 2.24) is 0 Å². The SMILES string of the molecule is NOCc1c(O)c(Cl)cc2c1OCO2. The van der Waals surface area contributed by atoms with Gasteiger partial charge in [0.25, 0.3) is 0 Å². The van der Waals surface area contributed by atoms with Crippen LogP contribution < -0.4 is 15.4 Å². The smallest absolute Gasteiger partial charge is 0.231 e. The maximum Gasteiger partial charge on any atom is 0.231 e. The Morgan fingerprint density at radius 3 is 3.07 bits per heavy atom. The van der Waals surface area contributed by atoms with Crippen molar-refractivity contribution in [3.63, 3.8) is 0 Å². The predicted octanol–water partition coefficient (Wildman–Crippen LogP) is 1.16. The summed E-state index contributed by atoms with van der Waals surface area (Å²) in [6, 6.07) is 1.49. The van der Waals surface area contributed by atoms with Crippen molar-refractivity contribution >= 4 is 11.6 Å². The highest BCUT2D eigenvalue weighted by Crippen LogP contribution is 2.44. The number of aromatic hydroxyl groups is 1. The average Bonchev–Trinajstić information content (AvgIpc) is 2.60. The van der Waals surface area contributed by atoms with Gasteiger partial charge < -0.3 is 14.6 Å². The van der Waals surface area contributed by atoms with E-state index < -0.39 is 0 Å². The first-order valence-electron chi connectivity index (χ1n) is 3.85. The minimum atomic E-state index is -0.0960. The van der Waals surface area contributed by atoms with E-state index in [0.717, 1.165) is 0 Å². The lowest BCUT2D eigenvalue weighted by Gasteiger charge is -2.08. The van der Waals surface area contributed by atoms with Crippen molar-refractivity contribution in [2.45, 2.75) is 6.61 Å². The third-order valence-corrected chi connectivity index (χ3v) is 2.20. The Hall–Kier alpha value is -1.17. The van der Waals surface area contributed by atoms with Crippen LogP contribution in [0.25, 0.3) is 0 Å². The largest absolute Gasteiger partial charge is 0.506 e. The molecule has 0 saturated heterocycles. The van der Waals surface area contributed by atoms with Crippen molar-refractivity contribution < 1.29 is 19.4 Å². The lowest BCUT2D eigenvalue weighted by Crippen LogP contribution is -2.01. The molecule has 1 aromatic carbocycles.